The van der Waals surface area contributed by atoms with Gasteiger partial charge in [0.15, 0.2) is 0 Å². The van der Waals surface area contributed by atoms with Crippen molar-refractivity contribution in [2.45, 2.75) is 23.9 Å². The van der Waals surface area contributed by atoms with Crippen molar-refractivity contribution in [3.05, 3.63) is 23.9 Å². The summed E-state index contributed by atoms with van der Waals surface area (Å²) < 4.78 is 0. The van der Waals surface area contributed by atoms with Gasteiger partial charge in [-0.15, -0.1) is 11.8 Å². The molecule has 0 bridgehead atoms. The number of hydrogen-bond donors (Lipinski definition) is 1. The number of carbonyl (C=O) groups is 1. The van der Waals surface area contributed by atoms with Crippen LogP contribution in [0.1, 0.15) is 23.2 Å². The molecule has 1 aromatic heterocycles. The molecule has 2 rings (SSSR count). The van der Waals surface area contributed by atoms with Crippen LogP contribution < -0.4 is 0 Å². The van der Waals surface area contributed by atoms with Gasteiger partial charge in [0.05, 0.1) is 11.6 Å². The van der Waals surface area contributed by atoms with E-state index in [1.54, 1.807) is 23.2 Å². The van der Waals surface area contributed by atoms with Gasteiger partial charge in [-0.3, -0.25) is 4.79 Å². The Morgan fingerprint density at radius 2 is 2.41 bits per heavy atom. The van der Waals surface area contributed by atoms with Crippen molar-refractivity contribution < 1.29 is 9.90 Å². The second-order valence-electron chi connectivity index (χ2n) is 4.04. The molecule has 0 radical (unpaired) electrons. The lowest BCUT2D eigenvalue weighted by atomic mass is 10.2. The standard InChI is InChI=1S/C12H16N2O2S/c1-17-11-8-9(4-5-13-11)12(16)14(6-7-15)10-2-3-10/h4-5,8,10,15H,2-3,6-7H2,1H3. The Morgan fingerprint density at radius 3 is 3.00 bits per heavy atom. The summed E-state index contributed by atoms with van der Waals surface area (Å²) in [5.74, 6) is -0.000694. The SMILES string of the molecule is CSc1cc(C(=O)N(CCO)C2CC2)ccn1. The molecular weight excluding hydrogens is 236 g/mol. The predicted octanol–water partition coefficient (Wildman–Crippen LogP) is 1.40. The number of pyridine rings is 1. The first-order chi connectivity index (χ1) is 8.26. The summed E-state index contributed by atoms with van der Waals surface area (Å²) in [5, 5.41) is 9.84. The lowest BCUT2D eigenvalue weighted by Crippen LogP contribution is -2.35. The Balaban J connectivity index is 2.15. The summed E-state index contributed by atoms with van der Waals surface area (Å²) in [5.41, 5.74) is 0.657. The van der Waals surface area contributed by atoms with Crippen LogP contribution in [0.5, 0.6) is 0 Å². The van der Waals surface area contributed by atoms with Crippen LogP contribution >= 0.6 is 11.8 Å². The van der Waals surface area contributed by atoms with Gasteiger partial charge in [0.1, 0.15) is 0 Å². The maximum Gasteiger partial charge on any atom is 0.254 e. The van der Waals surface area contributed by atoms with E-state index in [4.69, 9.17) is 5.11 Å². The van der Waals surface area contributed by atoms with E-state index in [1.165, 1.54) is 11.8 Å². The van der Waals surface area contributed by atoms with Crippen LogP contribution in [0.25, 0.3) is 0 Å². The second-order valence-corrected chi connectivity index (χ2v) is 4.87. The van der Waals surface area contributed by atoms with E-state index in [2.05, 4.69) is 4.98 Å². The number of nitrogens with zero attached hydrogens (tertiary/aromatic N) is 2. The Labute approximate surface area is 105 Å². The number of amides is 1. The molecule has 1 aliphatic carbocycles. The molecule has 5 heteroatoms. The minimum Gasteiger partial charge on any atom is -0.395 e. The van der Waals surface area contributed by atoms with Crippen molar-refractivity contribution >= 4 is 17.7 Å². The van der Waals surface area contributed by atoms with E-state index in [1.807, 2.05) is 6.26 Å². The average Bonchev–Trinajstić information content (AvgIpc) is 3.19. The van der Waals surface area contributed by atoms with Crippen LogP contribution in [0.3, 0.4) is 0 Å². The van der Waals surface area contributed by atoms with Crippen LogP contribution in [0.2, 0.25) is 0 Å². The number of thioether (sulfide) groups is 1. The fraction of sp³-hybridized carbons (Fsp3) is 0.500. The molecule has 1 fully saturated rings. The highest BCUT2D eigenvalue weighted by Crippen LogP contribution is 2.28. The van der Waals surface area contributed by atoms with E-state index in [-0.39, 0.29) is 12.5 Å². The van der Waals surface area contributed by atoms with Crippen molar-refractivity contribution in [2.24, 2.45) is 0 Å². The zero-order valence-electron chi connectivity index (χ0n) is 9.80. The molecule has 0 aromatic carbocycles. The predicted molar refractivity (Wildman–Crippen MR) is 67.2 cm³/mol. The Morgan fingerprint density at radius 1 is 1.65 bits per heavy atom. The highest BCUT2D eigenvalue weighted by molar-refractivity contribution is 7.98. The summed E-state index contributed by atoms with van der Waals surface area (Å²) in [6, 6.07) is 3.86. The first-order valence-electron chi connectivity index (χ1n) is 5.68. The van der Waals surface area contributed by atoms with Gasteiger partial charge in [-0.25, -0.2) is 4.98 Å². The average molecular weight is 252 g/mol. The highest BCUT2D eigenvalue weighted by atomic mass is 32.2. The van der Waals surface area contributed by atoms with Crippen LogP contribution in [0.15, 0.2) is 23.4 Å². The van der Waals surface area contributed by atoms with Crippen molar-refractivity contribution in [3.8, 4) is 0 Å². The van der Waals surface area contributed by atoms with Gasteiger partial charge in [0.25, 0.3) is 5.91 Å². The topological polar surface area (TPSA) is 53.4 Å². The molecule has 1 aromatic rings. The normalized spacial score (nSPS) is 14.7. The fourth-order valence-electron chi connectivity index (χ4n) is 1.76. The summed E-state index contributed by atoms with van der Waals surface area (Å²) >= 11 is 1.52. The van der Waals surface area contributed by atoms with Gasteiger partial charge in [0, 0.05) is 24.3 Å². The van der Waals surface area contributed by atoms with E-state index < -0.39 is 0 Å². The smallest absolute Gasteiger partial charge is 0.254 e. The van der Waals surface area contributed by atoms with Crippen molar-refractivity contribution in [1.82, 2.24) is 9.88 Å². The van der Waals surface area contributed by atoms with Gasteiger partial charge in [-0.05, 0) is 31.2 Å². The third-order valence-corrected chi connectivity index (χ3v) is 3.42. The highest BCUT2D eigenvalue weighted by Gasteiger charge is 2.32. The Bertz CT molecular complexity index is 407. The summed E-state index contributed by atoms with van der Waals surface area (Å²) in [6.45, 7) is 0.434. The maximum atomic E-state index is 12.3. The molecule has 4 nitrogen and oxygen atoms in total. The van der Waals surface area contributed by atoms with Gasteiger partial charge >= 0.3 is 0 Å². The molecule has 0 atom stereocenters. The maximum absolute atomic E-state index is 12.3. The van der Waals surface area contributed by atoms with Crippen LogP contribution in [-0.2, 0) is 0 Å². The molecule has 1 saturated carbocycles. The van der Waals surface area contributed by atoms with E-state index in [9.17, 15) is 4.79 Å². The molecule has 0 spiro atoms. The number of rotatable bonds is 5. The molecule has 92 valence electrons. The minimum atomic E-state index is -0.000694. The Kier molecular flexibility index (Phi) is 4.02. The molecule has 17 heavy (non-hydrogen) atoms. The van der Waals surface area contributed by atoms with Gasteiger partial charge in [0.2, 0.25) is 0 Å². The molecule has 1 aliphatic rings. The molecule has 0 aliphatic heterocycles. The first kappa shape index (κ1) is 12.4. The molecule has 1 N–H and O–H groups in total. The first-order valence-corrected chi connectivity index (χ1v) is 6.90. The molecule has 0 saturated heterocycles. The van der Waals surface area contributed by atoms with Crippen LogP contribution in [-0.4, -0.2) is 46.3 Å². The third-order valence-electron chi connectivity index (χ3n) is 2.78. The molecular formula is C12H16N2O2S. The summed E-state index contributed by atoms with van der Waals surface area (Å²) in [4.78, 5) is 18.2. The number of aliphatic hydroxyl groups excluding tert-OH is 1. The second kappa shape index (κ2) is 5.51. The van der Waals surface area contributed by atoms with Crippen molar-refractivity contribution in [3.63, 3.8) is 0 Å². The monoisotopic (exact) mass is 252 g/mol. The molecule has 1 heterocycles. The quantitative estimate of drug-likeness (QED) is 0.805. The van der Waals surface area contributed by atoms with E-state index >= 15 is 0 Å². The van der Waals surface area contributed by atoms with E-state index in [0.717, 1.165) is 17.9 Å². The van der Waals surface area contributed by atoms with E-state index in [0.29, 0.717) is 18.2 Å². The zero-order valence-corrected chi connectivity index (χ0v) is 10.6. The summed E-state index contributed by atoms with van der Waals surface area (Å²) in [6.07, 6.45) is 5.68. The largest absolute Gasteiger partial charge is 0.395 e. The minimum absolute atomic E-state index is 0.000694. The molecule has 1 amide bonds. The fourth-order valence-corrected chi connectivity index (χ4v) is 2.17. The van der Waals surface area contributed by atoms with Crippen molar-refractivity contribution in [2.75, 3.05) is 19.4 Å². The van der Waals surface area contributed by atoms with Crippen LogP contribution in [0.4, 0.5) is 0 Å². The summed E-state index contributed by atoms with van der Waals surface area (Å²) in [7, 11) is 0. The van der Waals surface area contributed by atoms with Gasteiger partial charge in [-0.1, -0.05) is 0 Å². The van der Waals surface area contributed by atoms with Gasteiger partial charge < -0.3 is 10.0 Å². The lowest BCUT2D eigenvalue weighted by Gasteiger charge is -2.21. The number of aliphatic hydroxyl groups is 1. The van der Waals surface area contributed by atoms with Crippen LogP contribution in [0, 0.1) is 0 Å². The third kappa shape index (κ3) is 2.98. The zero-order chi connectivity index (χ0) is 12.3. The number of aromatic nitrogens is 1. The number of hydrogen-bond acceptors (Lipinski definition) is 4. The van der Waals surface area contributed by atoms with Gasteiger partial charge in [-0.2, -0.15) is 0 Å². The van der Waals surface area contributed by atoms with Crippen molar-refractivity contribution in [1.29, 1.82) is 0 Å². The lowest BCUT2D eigenvalue weighted by molar-refractivity contribution is 0.0707. The Hall–Kier alpha value is -1.07. The number of carbonyl (C=O) groups excluding carboxylic acids is 1. The molecule has 0 unspecified atom stereocenters.